The van der Waals surface area contributed by atoms with Crippen molar-refractivity contribution in [3.05, 3.63) is 105 Å². The standard InChI is InChI=1S/C26H16Cl2N2OS/c27-18-10-6-15(7-11-18)20-14-21(16-4-2-1-3-5-16)30-26-22(20)23(29)25(32-26)24(31)17-8-12-19(28)13-9-17/h1-14H,29H2. The first-order valence-electron chi connectivity index (χ1n) is 9.86. The molecule has 5 aromatic rings. The lowest BCUT2D eigenvalue weighted by Gasteiger charge is -2.09. The second-order valence-corrected chi connectivity index (χ2v) is 9.16. The zero-order valence-corrected chi connectivity index (χ0v) is 19.0. The van der Waals surface area contributed by atoms with Gasteiger partial charge in [-0.1, -0.05) is 65.7 Å². The van der Waals surface area contributed by atoms with Crippen LogP contribution >= 0.6 is 34.5 Å². The third-order valence-corrected chi connectivity index (χ3v) is 6.84. The van der Waals surface area contributed by atoms with Crippen LogP contribution in [0.4, 0.5) is 5.69 Å². The number of pyridine rings is 1. The van der Waals surface area contributed by atoms with Crippen LogP contribution in [-0.2, 0) is 0 Å². The number of nitrogens with zero attached hydrogens (tertiary/aromatic N) is 1. The third kappa shape index (κ3) is 3.78. The predicted octanol–water partition coefficient (Wildman–Crippen LogP) is 7.75. The van der Waals surface area contributed by atoms with Gasteiger partial charge in [-0.25, -0.2) is 4.98 Å². The van der Waals surface area contributed by atoms with E-state index in [1.807, 2.05) is 60.7 Å². The fraction of sp³-hybridized carbons (Fsp3) is 0. The van der Waals surface area contributed by atoms with Crippen LogP contribution in [0.25, 0.3) is 32.6 Å². The van der Waals surface area contributed by atoms with Crippen LogP contribution in [0.3, 0.4) is 0 Å². The molecule has 0 unspecified atom stereocenters. The van der Waals surface area contributed by atoms with Gasteiger partial charge in [-0.15, -0.1) is 11.3 Å². The second-order valence-electron chi connectivity index (χ2n) is 7.29. The summed E-state index contributed by atoms with van der Waals surface area (Å²) in [6, 6.07) is 26.3. The van der Waals surface area contributed by atoms with Gasteiger partial charge in [0.05, 0.1) is 11.4 Å². The molecular weight excluding hydrogens is 459 g/mol. The summed E-state index contributed by atoms with van der Waals surface area (Å²) >= 11 is 13.4. The minimum absolute atomic E-state index is 0.148. The number of hydrogen-bond acceptors (Lipinski definition) is 4. The van der Waals surface area contributed by atoms with Crippen molar-refractivity contribution in [1.29, 1.82) is 0 Å². The molecule has 0 aliphatic carbocycles. The average Bonchev–Trinajstić information content (AvgIpc) is 3.16. The van der Waals surface area contributed by atoms with Crippen molar-refractivity contribution >= 4 is 56.2 Å². The smallest absolute Gasteiger partial charge is 0.205 e. The van der Waals surface area contributed by atoms with Crippen molar-refractivity contribution in [2.24, 2.45) is 0 Å². The van der Waals surface area contributed by atoms with Gasteiger partial charge in [-0.3, -0.25) is 4.79 Å². The fourth-order valence-electron chi connectivity index (χ4n) is 3.64. The van der Waals surface area contributed by atoms with E-state index in [1.54, 1.807) is 24.3 Å². The van der Waals surface area contributed by atoms with E-state index >= 15 is 0 Å². The molecule has 3 aromatic carbocycles. The molecule has 0 amide bonds. The van der Waals surface area contributed by atoms with E-state index in [-0.39, 0.29) is 5.78 Å². The van der Waals surface area contributed by atoms with Crippen LogP contribution in [0.5, 0.6) is 0 Å². The molecule has 3 nitrogen and oxygen atoms in total. The Kier molecular flexibility index (Phi) is 5.43. The van der Waals surface area contributed by atoms with E-state index in [0.29, 0.717) is 31.0 Å². The van der Waals surface area contributed by atoms with E-state index < -0.39 is 0 Å². The van der Waals surface area contributed by atoms with Crippen molar-refractivity contribution in [1.82, 2.24) is 4.98 Å². The summed E-state index contributed by atoms with van der Waals surface area (Å²) in [6.07, 6.45) is 0. The first-order valence-corrected chi connectivity index (χ1v) is 11.4. The highest BCUT2D eigenvalue weighted by Crippen LogP contribution is 2.42. The molecule has 6 heteroatoms. The van der Waals surface area contributed by atoms with Crippen LogP contribution < -0.4 is 5.73 Å². The summed E-state index contributed by atoms with van der Waals surface area (Å²) in [7, 11) is 0. The molecule has 0 atom stereocenters. The molecule has 156 valence electrons. The lowest BCUT2D eigenvalue weighted by molar-refractivity contribution is 0.104. The van der Waals surface area contributed by atoms with Crippen LogP contribution in [0.1, 0.15) is 15.2 Å². The Morgan fingerprint density at radius 2 is 1.44 bits per heavy atom. The number of nitrogen functional groups attached to an aromatic ring is 1. The number of ketones is 1. The molecule has 0 spiro atoms. The largest absolute Gasteiger partial charge is 0.397 e. The summed E-state index contributed by atoms with van der Waals surface area (Å²) in [5, 5.41) is 2.00. The second kappa shape index (κ2) is 8.40. The molecule has 0 aliphatic rings. The fourth-order valence-corrected chi connectivity index (χ4v) is 4.97. The quantitative estimate of drug-likeness (QED) is 0.270. The molecule has 0 fully saturated rings. The van der Waals surface area contributed by atoms with Gasteiger partial charge in [-0.05, 0) is 53.6 Å². The minimum atomic E-state index is -0.148. The van der Waals surface area contributed by atoms with Gasteiger partial charge >= 0.3 is 0 Å². The highest BCUT2D eigenvalue weighted by molar-refractivity contribution is 7.21. The predicted molar refractivity (Wildman–Crippen MR) is 135 cm³/mol. The maximum atomic E-state index is 13.2. The minimum Gasteiger partial charge on any atom is -0.397 e. The molecule has 0 saturated heterocycles. The van der Waals surface area contributed by atoms with Crippen LogP contribution in [0, 0.1) is 0 Å². The maximum absolute atomic E-state index is 13.2. The number of aromatic nitrogens is 1. The maximum Gasteiger partial charge on any atom is 0.205 e. The first-order chi connectivity index (χ1) is 15.5. The molecule has 0 saturated carbocycles. The molecule has 32 heavy (non-hydrogen) atoms. The van der Waals surface area contributed by atoms with E-state index in [1.165, 1.54) is 11.3 Å². The monoisotopic (exact) mass is 474 g/mol. The lowest BCUT2D eigenvalue weighted by Crippen LogP contribution is -2.02. The van der Waals surface area contributed by atoms with Crippen molar-refractivity contribution in [3.63, 3.8) is 0 Å². The Bertz CT molecular complexity index is 1440. The summed E-state index contributed by atoms with van der Waals surface area (Å²) in [5.41, 5.74) is 11.2. The molecule has 2 heterocycles. The number of thiophene rings is 1. The number of hydrogen-bond donors (Lipinski definition) is 1. The Morgan fingerprint density at radius 1 is 0.812 bits per heavy atom. The lowest BCUT2D eigenvalue weighted by atomic mass is 9.99. The molecule has 0 aliphatic heterocycles. The summed E-state index contributed by atoms with van der Waals surface area (Å²) in [4.78, 5) is 19.3. The zero-order valence-electron chi connectivity index (χ0n) is 16.7. The number of rotatable bonds is 4. The zero-order chi connectivity index (χ0) is 22.2. The topological polar surface area (TPSA) is 56.0 Å². The van der Waals surface area contributed by atoms with Crippen molar-refractivity contribution < 1.29 is 4.79 Å². The van der Waals surface area contributed by atoms with Gasteiger partial charge in [0.15, 0.2) is 0 Å². The van der Waals surface area contributed by atoms with Gasteiger partial charge in [0.25, 0.3) is 0 Å². The Morgan fingerprint density at radius 3 is 2.09 bits per heavy atom. The SMILES string of the molecule is Nc1c(C(=O)c2ccc(Cl)cc2)sc2nc(-c3ccccc3)cc(-c3ccc(Cl)cc3)c12. The van der Waals surface area contributed by atoms with E-state index in [0.717, 1.165) is 27.8 Å². The summed E-state index contributed by atoms with van der Waals surface area (Å²) in [5.74, 6) is -0.148. The molecule has 0 radical (unpaired) electrons. The van der Waals surface area contributed by atoms with E-state index in [2.05, 4.69) is 0 Å². The van der Waals surface area contributed by atoms with Gasteiger partial charge in [0.2, 0.25) is 5.78 Å². The number of fused-ring (bicyclic) bond motifs is 1. The summed E-state index contributed by atoms with van der Waals surface area (Å²) in [6.45, 7) is 0. The van der Waals surface area contributed by atoms with Crippen molar-refractivity contribution in [2.75, 3.05) is 5.73 Å². The van der Waals surface area contributed by atoms with Gasteiger partial charge in [0.1, 0.15) is 9.71 Å². The van der Waals surface area contributed by atoms with Gasteiger partial charge in [-0.2, -0.15) is 0 Å². The number of carbonyl (C=O) groups excluding carboxylic acids is 1. The van der Waals surface area contributed by atoms with Crippen LogP contribution in [0.15, 0.2) is 84.9 Å². The van der Waals surface area contributed by atoms with Crippen molar-refractivity contribution in [2.45, 2.75) is 0 Å². The molecule has 2 aromatic heterocycles. The number of anilines is 1. The summed E-state index contributed by atoms with van der Waals surface area (Å²) < 4.78 is 0. The normalized spacial score (nSPS) is 11.1. The third-order valence-electron chi connectivity index (χ3n) is 5.24. The highest BCUT2D eigenvalue weighted by atomic mass is 35.5. The number of halogens is 2. The number of nitrogens with two attached hydrogens (primary N) is 1. The number of carbonyl (C=O) groups is 1. The highest BCUT2D eigenvalue weighted by Gasteiger charge is 2.22. The van der Waals surface area contributed by atoms with E-state index in [4.69, 9.17) is 33.9 Å². The molecular formula is C26H16Cl2N2OS. The van der Waals surface area contributed by atoms with Gasteiger partial charge in [0, 0.05) is 26.6 Å². The Hall–Kier alpha value is -3.18. The molecule has 5 rings (SSSR count). The average molecular weight is 475 g/mol. The van der Waals surface area contributed by atoms with E-state index in [9.17, 15) is 4.79 Å². The van der Waals surface area contributed by atoms with Crippen molar-refractivity contribution in [3.8, 4) is 22.4 Å². The molecule has 0 bridgehead atoms. The van der Waals surface area contributed by atoms with Gasteiger partial charge < -0.3 is 5.73 Å². The molecule has 2 N–H and O–H groups in total. The number of benzene rings is 3. The first kappa shape index (κ1) is 20.7. The Balaban J connectivity index is 1.75. The Labute approximate surface area is 199 Å². The van der Waals surface area contributed by atoms with Crippen LogP contribution in [0.2, 0.25) is 10.0 Å². The van der Waals surface area contributed by atoms with Crippen LogP contribution in [-0.4, -0.2) is 10.8 Å².